The van der Waals surface area contributed by atoms with E-state index in [4.69, 9.17) is 5.73 Å². The number of rotatable bonds is 13. The van der Waals surface area contributed by atoms with Crippen molar-refractivity contribution in [2.24, 2.45) is 0 Å². The van der Waals surface area contributed by atoms with Gasteiger partial charge in [-0.3, -0.25) is 19.4 Å². The number of amides is 1. The zero-order valence-corrected chi connectivity index (χ0v) is 29.2. The summed E-state index contributed by atoms with van der Waals surface area (Å²) in [5.74, 6) is -7.46. The second-order valence-corrected chi connectivity index (χ2v) is 8.44. The topological polar surface area (TPSA) is 263 Å². The summed E-state index contributed by atoms with van der Waals surface area (Å²) in [6.45, 7) is 0. The van der Waals surface area contributed by atoms with Crippen LogP contribution in [-0.2, 0) is 36.8 Å². The van der Waals surface area contributed by atoms with Gasteiger partial charge in [-0.15, -0.1) is 0 Å². The van der Waals surface area contributed by atoms with Crippen molar-refractivity contribution < 1.29 is 133 Å². The van der Waals surface area contributed by atoms with Gasteiger partial charge >= 0.3 is 94.6 Å². The molecule has 0 fully saturated rings. The number of nitrogens with zero attached hydrogens (tertiary/aromatic N) is 1. The first kappa shape index (κ1) is 39.8. The SMILES string of the molecule is Nc1nc2[nH]cc(CCc3ccc(C(=O)NC(CCC(=O)O[C@@H](CC(=O)[O-])C(=O)[O-])C(=O)[O-])cc3)c2c(=O)[nH]1.[Na+].[Na+].[Na+]. The molecule has 2 atom stereocenters. The first-order valence-electron chi connectivity index (χ1n) is 11.5. The fraction of sp³-hybridized carbons (Fsp3) is 0.292. The second kappa shape index (κ2) is 18.5. The number of carboxylic acids is 3. The molecule has 0 radical (unpaired) electrons. The Bertz CT molecular complexity index is 1480. The molecule has 5 N–H and O–H groups in total. The third-order valence-corrected chi connectivity index (χ3v) is 5.66. The van der Waals surface area contributed by atoms with Crippen molar-refractivity contribution in [3.05, 3.63) is 57.5 Å². The Labute approximate surface area is 304 Å². The number of nitrogens with two attached hydrogens (primary N) is 1. The Balaban J connectivity index is 0.00000560. The van der Waals surface area contributed by atoms with Crippen molar-refractivity contribution in [1.82, 2.24) is 20.3 Å². The molecule has 42 heavy (non-hydrogen) atoms. The maximum absolute atomic E-state index is 12.5. The van der Waals surface area contributed by atoms with Gasteiger partial charge in [0.15, 0.2) is 0 Å². The van der Waals surface area contributed by atoms with E-state index in [1.54, 1.807) is 18.3 Å². The second-order valence-electron chi connectivity index (χ2n) is 8.44. The van der Waals surface area contributed by atoms with Gasteiger partial charge in [-0.2, -0.15) is 4.98 Å². The zero-order chi connectivity index (χ0) is 28.7. The summed E-state index contributed by atoms with van der Waals surface area (Å²) in [6, 6.07) is 4.58. The van der Waals surface area contributed by atoms with Gasteiger partial charge in [-0.25, -0.2) is 0 Å². The summed E-state index contributed by atoms with van der Waals surface area (Å²) in [5.41, 5.74) is 7.19. The average Bonchev–Trinajstić information content (AvgIpc) is 3.27. The average molecular weight is 609 g/mol. The number of fused-ring (bicyclic) bond motifs is 1. The first-order valence-corrected chi connectivity index (χ1v) is 11.5. The Morgan fingerprint density at radius 3 is 2.19 bits per heavy atom. The molecule has 0 aliphatic heterocycles. The molecule has 2 heterocycles. The summed E-state index contributed by atoms with van der Waals surface area (Å²) in [6.07, 6.45) is -1.78. The number of carboxylic acid groups (broad SMARTS) is 3. The summed E-state index contributed by atoms with van der Waals surface area (Å²) < 4.78 is 4.46. The van der Waals surface area contributed by atoms with Crippen LogP contribution >= 0.6 is 0 Å². The Hall–Kier alpha value is -2.21. The monoisotopic (exact) mass is 609 g/mol. The number of nitrogen functional groups attached to an aromatic ring is 1. The van der Waals surface area contributed by atoms with Crippen molar-refractivity contribution >= 4 is 46.8 Å². The minimum Gasteiger partial charge on any atom is -0.550 e. The van der Waals surface area contributed by atoms with Crippen LogP contribution in [0.15, 0.2) is 35.3 Å². The largest absolute Gasteiger partial charge is 1.00 e. The Kier molecular flexibility index (Phi) is 17.5. The van der Waals surface area contributed by atoms with Crippen LogP contribution in [0.2, 0.25) is 0 Å². The van der Waals surface area contributed by atoms with E-state index in [0.29, 0.717) is 23.9 Å². The molecule has 3 aromatic rings. The van der Waals surface area contributed by atoms with Crippen LogP contribution in [0.3, 0.4) is 0 Å². The molecule has 0 spiro atoms. The van der Waals surface area contributed by atoms with Gasteiger partial charge in [0.05, 0.1) is 23.4 Å². The number of aromatic nitrogens is 3. The Morgan fingerprint density at radius 2 is 1.62 bits per heavy atom. The van der Waals surface area contributed by atoms with Crippen molar-refractivity contribution in [2.45, 2.75) is 44.2 Å². The van der Waals surface area contributed by atoms with E-state index in [-0.39, 0.29) is 106 Å². The molecule has 0 bridgehead atoms. The minimum absolute atomic E-state index is 0. The molecule has 15 nitrogen and oxygen atoms in total. The van der Waals surface area contributed by atoms with Crippen LogP contribution in [0, 0.1) is 0 Å². The molecule has 2 aromatic heterocycles. The third kappa shape index (κ3) is 11.5. The molecular weight excluding hydrogens is 587 g/mol. The van der Waals surface area contributed by atoms with Gasteiger partial charge in [0.2, 0.25) is 5.95 Å². The van der Waals surface area contributed by atoms with E-state index in [1.165, 1.54) is 12.1 Å². The molecule has 3 rings (SSSR count). The first-order chi connectivity index (χ1) is 18.4. The van der Waals surface area contributed by atoms with Crippen molar-refractivity contribution in [2.75, 3.05) is 5.73 Å². The number of hydrogen-bond donors (Lipinski definition) is 4. The fourth-order valence-electron chi connectivity index (χ4n) is 3.71. The smallest absolute Gasteiger partial charge is 0.550 e. The van der Waals surface area contributed by atoms with Gasteiger partial charge in [0.25, 0.3) is 11.5 Å². The minimum atomic E-state index is -2.11. The number of hydrogen-bond acceptors (Lipinski definition) is 12. The van der Waals surface area contributed by atoms with Crippen LogP contribution < -0.4 is 121 Å². The number of ether oxygens (including phenoxy) is 1. The van der Waals surface area contributed by atoms with Crippen molar-refractivity contribution in [3.8, 4) is 0 Å². The molecule has 1 aromatic carbocycles. The Morgan fingerprint density at radius 1 is 0.976 bits per heavy atom. The molecule has 206 valence electrons. The molecule has 0 aliphatic rings. The molecule has 1 amide bonds. The number of esters is 1. The van der Waals surface area contributed by atoms with Gasteiger partial charge in [-0.05, 0) is 42.5 Å². The predicted octanol–water partition coefficient (Wildman–Crippen LogP) is -12.9. The third-order valence-electron chi connectivity index (χ3n) is 5.66. The van der Waals surface area contributed by atoms with E-state index < -0.39 is 61.2 Å². The van der Waals surface area contributed by atoms with Crippen molar-refractivity contribution in [3.63, 3.8) is 0 Å². The van der Waals surface area contributed by atoms with Gasteiger partial charge in [0.1, 0.15) is 11.8 Å². The summed E-state index contributed by atoms with van der Waals surface area (Å²) in [7, 11) is 0. The number of H-pyrrole nitrogens is 2. The van der Waals surface area contributed by atoms with Crippen LogP contribution in [0.25, 0.3) is 11.0 Å². The summed E-state index contributed by atoms with van der Waals surface area (Å²) in [4.78, 5) is 78.7. The molecule has 0 aliphatic carbocycles. The maximum atomic E-state index is 12.5. The van der Waals surface area contributed by atoms with Gasteiger partial charge in [0, 0.05) is 30.6 Å². The van der Waals surface area contributed by atoms with Crippen LogP contribution in [0.4, 0.5) is 5.95 Å². The molecule has 0 saturated carbocycles. The van der Waals surface area contributed by atoms with Crippen molar-refractivity contribution in [1.29, 1.82) is 0 Å². The number of nitrogens with one attached hydrogen (secondary N) is 3. The molecule has 18 heteroatoms. The van der Waals surface area contributed by atoms with Gasteiger partial charge < -0.3 is 50.5 Å². The van der Waals surface area contributed by atoms with E-state index >= 15 is 0 Å². The normalized spacial score (nSPS) is 11.5. The molecule has 1 unspecified atom stereocenters. The van der Waals surface area contributed by atoms with Crippen LogP contribution in [-0.4, -0.2) is 56.9 Å². The predicted molar refractivity (Wildman–Crippen MR) is 125 cm³/mol. The van der Waals surface area contributed by atoms with E-state index in [0.717, 1.165) is 11.1 Å². The summed E-state index contributed by atoms with van der Waals surface area (Å²) >= 11 is 0. The van der Waals surface area contributed by atoms with E-state index in [1.807, 2.05) is 0 Å². The van der Waals surface area contributed by atoms with Gasteiger partial charge in [-0.1, -0.05) is 12.1 Å². The number of aliphatic carboxylic acids is 3. The fourth-order valence-corrected chi connectivity index (χ4v) is 3.71. The number of aryl methyl sites for hydroxylation is 2. The number of carbonyl (C=O) groups excluding carboxylic acids is 5. The number of aromatic amines is 2. The maximum Gasteiger partial charge on any atom is 1.00 e. The van der Waals surface area contributed by atoms with Crippen LogP contribution in [0.5, 0.6) is 0 Å². The quantitative estimate of drug-likeness (QED) is 0.104. The van der Waals surface area contributed by atoms with E-state index in [9.17, 15) is 44.1 Å². The number of carbonyl (C=O) groups is 5. The van der Waals surface area contributed by atoms with Crippen LogP contribution in [0.1, 0.15) is 40.7 Å². The summed E-state index contributed by atoms with van der Waals surface area (Å²) in [5, 5.41) is 35.4. The molecule has 0 saturated heterocycles. The number of benzene rings is 1. The number of anilines is 1. The van der Waals surface area contributed by atoms with E-state index in [2.05, 4.69) is 25.0 Å². The standard InChI is InChI=1S/C24H25N5O10.3Na/c25-24-28-19-18(21(34)29-24)13(10-26-19)6-3-11-1-4-12(5-2-11)20(33)27-14(22(35)36)7-8-17(32)39-15(23(37)38)9-16(30)31;;;/h1-2,4-5,10,14-15H,3,6-9H2,(H,27,33)(H,30,31)(H,35,36)(H,37,38)(H4,25,26,28,29,34);;;/q;3*+1/p-3/t14?,15-;;;/m0.../s1. The zero-order valence-electron chi connectivity index (χ0n) is 23.2. The molecular formula is C24H22N5Na3O10.